The molecule has 0 aliphatic heterocycles. The molecule has 7 aromatic carbocycles. The van der Waals surface area contributed by atoms with Gasteiger partial charge in [0.05, 0.1) is 0 Å². The van der Waals surface area contributed by atoms with E-state index in [-0.39, 0.29) is 11.2 Å². The number of benzene rings is 7. The van der Waals surface area contributed by atoms with Crippen molar-refractivity contribution in [2.45, 2.75) is 39.0 Å². The minimum atomic E-state index is -0.236. The van der Waals surface area contributed by atoms with Gasteiger partial charge in [-0.05, 0) is 127 Å². The summed E-state index contributed by atoms with van der Waals surface area (Å²) in [6.45, 7) is 9.16. The van der Waals surface area contributed by atoms with Crippen molar-refractivity contribution in [2.75, 3.05) is 4.90 Å². The van der Waals surface area contributed by atoms with Gasteiger partial charge in [-0.15, -0.1) is 0 Å². The molecule has 1 aliphatic carbocycles. The summed E-state index contributed by atoms with van der Waals surface area (Å²) < 4.78 is 14.0. The van der Waals surface area contributed by atoms with Gasteiger partial charge in [0.25, 0.3) is 0 Å². The Morgan fingerprint density at radius 2 is 1.14 bits per heavy atom. The molecule has 1 aliphatic rings. The monoisotopic (exact) mass is 571 g/mol. The number of halogens is 1. The lowest BCUT2D eigenvalue weighted by Gasteiger charge is -2.27. The van der Waals surface area contributed by atoms with Crippen molar-refractivity contribution in [1.29, 1.82) is 0 Å². The summed E-state index contributed by atoms with van der Waals surface area (Å²) in [5.41, 5.74) is 9.61. The topological polar surface area (TPSA) is 3.24 Å². The summed E-state index contributed by atoms with van der Waals surface area (Å²) in [6, 6.07) is 44.7. The Morgan fingerprint density at radius 3 is 1.80 bits per heavy atom. The SMILES string of the molecule is CC(C)c1ccc(N(c2ccc(F)cc2)c2ccc3cc4c(cc3c2)C(C)(C)c2c-4c3ccccc3c3ccccc23)cc1. The lowest BCUT2D eigenvalue weighted by atomic mass is 9.79. The fraction of sp³-hybridized carbons (Fsp3) is 0.143. The smallest absolute Gasteiger partial charge is 0.123 e. The zero-order valence-electron chi connectivity index (χ0n) is 25.5. The first kappa shape index (κ1) is 26.7. The third-order valence-corrected chi connectivity index (χ3v) is 9.62. The minimum Gasteiger partial charge on any atom is -0.310 e. The molecular formula is C42H34FN. The maximum absolute atomic E-state index is 14.0. The zero-order valence-corrected chi connectivity index (χ0v) is 25.5. The van der Waals surface area contributed by atoms with Crippen LogP contribution in [-0.4, -0.2) is 0 Å². The van der Waals surface area contributed by atoms with E-state index in [9.17, 15) is 4.39 Å². The molecule has 0 unspecified atom stereocenters. The van der Waals surface area contributed by atoms with Crippen LogP contribution in [0.3, 0.4) is 0 Å². The molecule has 7 aromatic rings. The third-order valence-electron chi connectivity index (χ3n) is 9.62. The Kier molecular flexibility index (Phi) is 5.93. The molecule has 8 rings (SSSR count). The predicted molar refractivity (Wildman–Crippen MR) is 185 cm³/mol. The Morgan fingerprint density at radius 1 is 0.568 bits per heavy atom. The fourth-order valence-corrected chi connectivity index (χ4v) is 7.40. The van der Waals surface area contributed by atoms with Gasteiger partial charge in [-0.25, -0.2) is 4.39 Å². The van der Waals surface area contributed by atoms with E-state index in [1.807, 2.05) is 12.1 Å². The summed E-state index contributed by atoms with van der Waals surface area (Å²) in [7, 11) is 0. The molecule has 0 atom stereocenters. The highest BCUT2D eigenvalue weighted by atomic mass is 19.1. The van der Waals surface area contributed by atoms with E-state index in [1.54, 1.807) is 0 Å². The summed E-state index contributed by atoms with van der Waals surface area (Å²) in [5.74, 6) is 0.215. The zero-order chi connectivity index (χ0) is 30.2. The van der Waals surface area contributed by atoms with E-state index in [0.29, 0.717) is 5.92 Å². The van der Waals surface area contributed by atoms with Crippen molar-refractivity contribution >= 4 is 49.4 Å². The van der Waals surface area contributed by atoms with Crippen LogP contribution in [0.1, 0.15) is 50.3 Å². The number of hydrogen-bond donors (Lipinski definition) is 0. The van der Waals surface area contributed by atoms with Gasteiger partial charge in [-0.1, -0.05) is 94.4 Å². The highest BCUT2D eigenvalue weighted by Gasteiger charge is 2.38. The summed E-state index contributed by atoms with van der Waals surface area (Å²) in [4.78, 5) is 2.22. The van der Waals surface area contributed by atoms with Crippen LogP contribution >= 0.6 is 0 Å². The van der Waals surface area contributed by atoms with Gasteiger partial charge >= 0.3 is 0 Å². The lowest BCUT2D eigenvalue weighted by Crippen LogP contribution is -2.15. The van der Waals surface area contributed by atoms with E-state index >= 15 is 0 Å². The highest BCUT2D eigenvalue weighted by Crippen LogP contribution is 2.55. The number of fused-ring (bicyclic) bond motifs is 9. The van der Waals surface area contributed by atoms with Gasteiger partial charge in [-0.3, -0.25) is 0 Å². The average molecular weight is 572 g/mol. The van der Waals surface area contributed by atoms with E-state index in [1.165, 1.54) is 72.3 Å². The highest BCUT2D eigenvalue weighted by molar-refractivity contribution is 6.19. The molecule has 0 radical (unpaired) electrons. The lowest BCUT2D eigenvalue weighted by molar-refractivity contribution is 0.628. The number of rotatable bonds is 4. The molecular weight excluding hydrogens is 537 g/mol. The van der Waals surface area contributed by atoms with Crippen molar-refractivity contribution < 1.29 is 4.39 Å². The predicted octanol–water partition coefficient (Wildman–Crippen LogP) is 12.2. The average Bonchev–Trinajstić information content (AvgIpc) is 3.27. The van der Waals surface area contributed by atoms with Gasteiger partial charge in [0.15, 0.2) is 0 Å². The third kappa shape index (κ3) is 3.98. The maximum Gasteiger partial charge on any atom is 0.123 e. The molecule has 1 nitrogen and oxygen atoms in total. The quantitative estimate of drug-likeness (QED) is 0.190. The number of hydrogen-bond acceptors (Lipinski definition) is 1. The van der Waals surface area contributed by atoms with Gasteiger partial charge in [0, 0.05) is 22.5 Å². The van der Waals surface area contributed by atoms with Crippen molar-refractivity contribution in [3.05, 3.63) is 150 Å². The summed E-state index contributed by atoms with van der Waals surface area (Å²) >= 11 is 0. The van der Waals surface area contributed by atoms with Crippen molar-refractivity contribution in [3.63, 3.8) is 0 Å². The molecule has 0 amide bonds. The van der Waals surface area contributed by atoms with E-state index in [0.717, 1.165) is 17.1 Å². The minimum absolute atomic E-state index is 0.165. The first-order valence-electron chi connectivity index (χ1n) is 15.5. The number of nitrogens with zero attached hydrogens (tertiary/aromatic N) is 1. The van der Waals surface area contributed by atoms with Crippen LogP contribution in [0.15, 0.2) is 127 Å². The first-order valence-corrected chi connectivity index (χ1v) is 15.5. The molecule has 2 heteroatoms. The van der Waals surface area contributed by atoms with E-state index in [2.05, 4.69) is 136 Å². The second-order valence-corrected chi connectivity index (χ2v) is 13.0. The first-order chi connectivity index (χ1) is 21.3. The molecule has 214 valence electrons. The molecule has 0 saturated heterocycles. The molecule has 0 heterocycles. The molecule has 0 N–H and O–H groups in total. The van der Waals surface area contributed by atoms with Gasteiger partial charge in [-0.2, -0.15) is 0 Å². The van der Waals surface area contributed by atoms with Crippen LogP contribution in [0.25, 0.3) is 43.4 Å². The Labute approximate surface area is 258 Å². The van der Waals surface area contributed by atoms with Gasteiger partial charge in [0.2, 0.25) is 0 Å². The molecule has 0 spiro atoms. The van der Waals surface area contributed by atoms with Crippen LogP contribution in [0, 0.1) is 5.82 Å². The Bertz CT molecular complexity index is 2220. The summed E-state index contributed by atoms with van der Waals surface area (Å²) in [6.07, 6.45) is 0. The second kappa shape index (κ2) is 9.79. The van der Waals surface area contributed by atoms with Gasteiger partial charge < -0.3 is 4.90 Å². The van der Waals surface area contributed by atoms with E-state index in [4.69, 9.17) is 0 Å². The van der Waals surface area contributed by atoms with Crippen molar-refractivity contribution in [1.82, 2.24) is 0 Å². The van der Waals surface area contributed by atoms with Gasteiger partial charge in [0.1, 0.15) is 5.82 Å². The summed E-state index contributed by atoms with van der Waals surface area (Å²) in [5, 5.41) is 7.67. The normalized spacial score (nSPS) is 13.5. The van der Waals surface area contributed by atoms with Crippen molar-refractivity contribution in [3.8, 4) is 11.1 Å². The number of anilines is 3. The van der Waals surface area contributed by atoms with E-state index < -0.39 is 0 Å². The molecule has 44 heavy (non-hydrogen) atoms. The van der Waals surface area contributed by atoms with Crippen LogP contribution < -0.4 is 4.90 Å². The van der Waals surface area contributed by atoms with Crippen molar-refractivity contribution in [2.24, 2.45) is 0 Å². The Balaban J connectivity index is 1.34. The molecule has 0 fully saturated rings. The molecule has 0 aromatic heterocycles. The Hall–Kier alpha value is -4.95. The maximum atomic E-state index is 14.0. The second-order valence-electron chi connectivity index (χ2n) is 13.0. The molecule has 0 saturated carbocycles. The van der Waals surface area contributed by atoms with Crippen LogP contribution in [0.2, 0.25) is 0 Å². The standard InChI is InChI=1S/C42H34FN/c1-26(2)27-13-18-31(19-14-27)44(32-21-16-30(43)17-22-32)33-20-15-28-24-38-39(25-29(28)23-33)42(3,4)41-37-12-8-6-10-35(37)34-9-5-7-11-36(34)40(38)41/h5-26H,1-4H3. The van der Waals surface area contributed by atoms with Crippen LogP contribution in [0.5, 0.6) is 0 Å². The fourth-order valence-electron chi connectivity index (χ4n) is 7.40. The van der Waals surface area contributed by atoms with Crippen LogP contribution in [0.4, 0.5) is 21.5 Å². The molecule has 0 bridgehead atoms. The largest absolute Gasteiger partial charge is 0.310 e. The van der Waals surface area contributed by atoms with Crippen LogP contribution in [-0.2, 0) is 5.41 Å².